The summed E-state index contributed by atoms with van der Waals surface area (Å²) in [4.78, 5) is 18.9. The molecule has 2 fully saturated rings. The van der Waals surface area contributed by atoms with Crippen LogP contribution in [-0.2, 0) is 9.47 Å². The maximum absolute atomic E-state index is 12.7. The molecular formula is C18H21N3O3. The van der Waals surface area contributed by atoms with E-state index in [-0.39, 0.29) is 18.2 Å². The van der Waals surface area contributed by atoms with Gasteiger partial charge in [-0.2, -0.15) is 0 Å². The molecule has 0 radical (unpaired) electrons. The van der Waals surface area contributed by atoms with E-state index in [4.69, 9.17) is 9.47 Å². The first kappa shape index (κ1) is 15.4. The summed E-state index contributed by atoms with van der Waals surface area (Å²) in [5.74, 6) is 0.248. The van der Waals surface area contributed by atoms with Crippen LogP contribution in [0.2, 0.25) is 0 Å². The molecule has 4 rings (SSSR count). The summed E-state index contributed by atoms with van der Waals surface area (Å²) in [6.07, 6.45) is 3.57. The van der Waals surface area contributed by atoms with Crippen molar-refractivity contribution in [2.24, 2.45) is 5.92 Å². The fourth-order valence-corrected chi connectivity index (χ4v) is 3.46. The quantitative estimate of drug-likeness (QED) is 0.921. The predicted octanol–water partition coefficient (Wildman–Crippen LogP) is 2.85. The molecule has 0 spiro atoms. The first-order valence-electron chi connectivity index (χ1n) is 8.44. The predicted molar refractivity (Wildman–Crippen MR) is 90.8 cm³/mol. The molecule has 1 unspecified atom stereocenters. The van der Waals surface area contributed by atoms with Crippen LogP contribution in [0.4, 0.5) is 10.5 Å². The second-order valence-corrected chi connectivity index (χ2v) is 6.27. The van der Waals surface area contributed by atoms with Crippen molar-refractivity contribution < 1.29 is 14.3 Å². The molecule has 0 aliphatic carbocycles. The lowest BCUT2D eigenvalue weighted by atomic mass is 9.98. The highest BCUT2D eigenvalue weighted by Crippen LogP contribution is 2.26. The van der Waals surface area contributed by atoms with Crippen LogP contribution >= 0.6 is 0 Å². The number of piperidine rings is 1. The van der Waals surface area contributed by atoms with Gasteiger partial charge >= 0.3 is 6.03 Å². The van der Waals surface area contributed by atoms with Gasteiger partial charge in [-0.1, -0.05) is 18.2 Å². The smallest absolute Gasteiger partial charge is 0.321 e. The van der Waals surface area contributed by atoms with E-state index < -0.39 is 0 Å². The van der Waals surface area contributed by atoms with Crippen LogP contribution in [0.1, 0.15) is 12.8 Å². The van der Waals surface area contributed by atoms with Gasteiger partial charge in [0.15, 0.2) is 6.29 Å². The molecule has 24 heavy (non-hydrogen) atoms. The fraction of sp³-hybridized carbons (Fsp3) is 0.444. The Morgan fingerprint density at radius 1 is 1.21 bits per heavy atom. The number of hydrogen-bond donors (Lipinski definition) is 1. The average molecular weight is 327 g/mol. The SMILES string of the molecule is O=C(Nc1cccc2cccnc12)N1CCCC(C2OCCO2)C1. The summed E-state index contributed by atoms with van der Waals surface area (Å²) in [5.41, 5.74) is 1.55. The summed E-state index contributed by atoms with van der Waals surface area (Å²) in [6, 6.07) is 9.60. The first-order valence-corrected chi connectivity index (χ1v) is 8.44. The van der Waals surface area contributed by atoms with Gasteiger partial charge in [0.2, 0.25) is 0 Å². The van der Waals surface area contributed by atoms with Gasteiger partial charge in [-0.3, -0.25) is 4.98 Å². The monoisotopic (exact) mass is 327 g/mol. The van der Waals surface area contributed by atoms with Crippen molar-refractivity contribution in [1.82, 2.24) is 9.88 Å². The molecule has 2 aromatic rings. The lowest BCUT2D eigenvalue weighted by Gasteiger charge is -2.34. The molecule has 0 saturated carbocycles. The number of benzene rings is 1. The van der Waals surface area contributed by atoms with Crippen molar-refractivity contribution in [3.8, 4) is 0 Å². The zero-order valence-electron chi connectivity index (χ0n) is 13.5. The molecule has 2 amide bonds. The lowest BCUT2D eigenvalue weighted by molar-refractivity contribution is -0.0959. The van der Waals surface area contributed by atoms with Crippen molar-refractivity contribution in [2.45, 2.75) is 19.1 Å². The number of anilines is 1. The summed E-state index contributed by atoms with van der Waals surface area (Å²) < 4.78 is 11.2. The Morgan fingerprint density at radius 3 is 2.92 bits per heavy atom. The highest BCUT2D eigenvalue weighted by Gasteiger charge is 2.32. The van der Waals surface area contributed by atoms with Gasteiger partial charge in [-0.05, 0) is 25.0 Å². The molecular weight excluding hydrogens is 306 g/mol. The molecule has 1 atom stereocenters. The number of likely N-dealkylation sites (tertiary alicyclic amines) is 1. The molecule has 1 N–H and O–H groups in total. The molecule has 2 saturated heterocycles. The number of rotatable bonds is 2. The minimum atomic E-state index is -0.167. The van der Waals surface area contributed by atoms with Crippen LogP contribution in [0.15, 0.2) is 36.5 Å². The van der Waals surface area contributed by atoms with E-state index >= 15 is 0 Å². The van der Waals surface area contributed by atoms with Crippen molar-refractivity contribution >= 4 is 22.6 Å². The second kappa shape index (κ2) is 6.75. The third-order valence-corrected chi connectivity index (χ3v) is 4.65. The Kier molecular flexibility index (Phi) is 4.32. The van der Waals surface area contributed by atoms with E-state index in [0.717, 1.165) is 36.0 Å². The summed E-state index contributed by atoms with van der Waals surface area (Å²) >= 11 is 0. The Balaban J connectivity index is 1.47. The summed E-state index contributed by atoms with van der Waals surface area (Å²) in [5, 5.41) is 4.02. The average Bonchev–Trinajstić information content (AvgIpc) is 3.17. The first-order chi connectivity index (χ1) is 11.8. The van der Waals surface area contributed by atoms with E-state index in [0.29, 0.717) is 19.8 Å². The topological polar surface area (TPSA) is 63.7 Å². The number of hydrogen-bond acceptors (Lipinski definition) is 4. The standard InChI is InChI=1S/C18H21N3O3/c22-18(20-15-7-1-4-13-5-2-8-19-16(13)15)21-9-3-6-14(12-21)17-23-10-11-24-17/h1-2,4-5,7-8,14,17H,3,6,9-12H2,(H,20,22). The highest BCUT2D eigenvalue weighted by atomic mass is 16.7. The minimum Gasteiger partial charge on any atom is -0.350 e. The maximum Gasteiger partial charge on any atom is 0.321 e. The van der Waals surface area contributed by atoms with Crippen LogP contribution in [0.25, 0.3) is 10.9 Å². The lowest BCUT2D eigenvalue weighted by Crippen LogP contribution is -2.45. The molecule has 126 valence electrons. The van der Waals surface area contributed by atoms with E-state index in [2.05, 4.69) is 10.3 Å². The van der Waals surface area contributed by atoms with Gasteiger partial charge < -0.3 is 19.7 Å². The molecule has 6 heteroatoms. The molecule has 6 nitrogen and oxygen atoms in total. The third kappa shape index (κ3) is 3.07. The number of nitrogens with zero attached hydrogens (tertiary/aromatic N) is 2. The number of urea groups is 1. The molecule has 1 aromatic carbocycles. The number of ether oxygens (including phenoxy) is 2. The van der Waals surface area contributed by atoms with Gasteiger partial charge in [0, 0.05) is 30.6 Å². The number of para-hydroxylation sites is 1. The Hall–Kier alpha value is -2.18. The molecule has 0 bridgehead atoms. The summed E-state index contributed by atoms with van der Waals surface area (Å²) in [6.45, 7) is 2.71. The van der Waals surface area contributed by atoms with E-state index in [9.17, 15) is 4.79 Å². The van der Waals surface area contributed by atoms with Crippen LogP contribution in [0, 0.1) is 5.92 Å². The van der Waals surface area contributed by atoms with Crippen LogP contribution in [0.5, 0.6) is 0 Å². The van der Waals surface area contributed by atoms with Crippen molar-refractivity contribution in [3.63, 3.8) is 0 Å². The van der Waals surface area contributed by atoms with E-state index in [1.807, 2.05) is 35.2 Å². The van der Waals surface area contributed by atoms with Gasteiger partial charge in [-0.15, -0.1) is 0 Å². The van der Waals surface area contributed by atoms with Crippen LogP contribution in [0.3, 0.4) is 0 Å². The number of pyridine rings is 1. The Labute approximate surface area is 140 Å². The molecule has 2 aliphatic heterocycles. The van der Waals surface area contributed by atoms with Gasteiger partial charge in [-0.25, -0.2) is 4.79 Å². The minimum absolute atomic E-state index is 0.0872. The fourth-order valence-electron chi connectivity index (χ4n) is 3.46. The number of amides is 2. The summed E-state index contributed by atoms with van der Waals surface area (Å²) in [7, 11) is 0. The van der Waals surface area contributed by atoms with Gasteiger partial charge in [0.05, 0.1) is 24.4 Å². The number of carbonyl (C=O) groups excluding carboxylic acids is 1. The number of fused-ring (bicyclic) bond motifs is 1. The second-order valence-electron chi connectivity index (χ2n) is 6.27. The van der Waals surface area contributed by atoms with E-state index in [1.165, 1.54) is 0 Å². The normalized spacial score (nSPS) is 22.0. The largest absolute Gasteiger partial charge is 0.350 e. The zero-order chi connectivity index (χ0) is 16.4. The van der Waals surface area contributed by atoms with Gasteiger partial charge in [0.1, 0.15) is 0 Å². The Morgan fingerprint density at radius 2 is 2.04 bits per heavy atom. The maximum atomic E-state index is 12.7. The van der Waals surface area contributed by atoms with Crippen LogP contribution < -0.4 is 5.32 Å². The van der Waals surface area contributed by atoms with Crippen LogP contribution in [-0.4, -0.2) is 48.5 Å². The molecule has 1 aromatic heterocycles. The van der Waals surface area contributed by atoms with Crippen molar-refractivity contribution in [1.29, 1.82) is 0 Å². The number of carbonyl (C=O) groups is 1. The van der Waals surface area contributed by atoms with E-state index in [1.54, 1.807) is 6.20 Å². The molecule has 3 heterocycles. The van der Waals surface area contributed by atoms with Gasteiger partial charge in [0.25, 0.3) is 0 Å². The van der Waals surface area contributed by atoms with Crippen molar-refractivity contribution in [2.75, 3.05) is 31.6 Å². The number of nitrogens with one attached hydrogen (secondary N) is 1. The zero-order valence-corrected chi connectivity index (χ0v) is 13.5. The highest BCUT2D eigenvalue weighted by molar-refractivity contribution is 5.99. The molecule has 2 aliphatic rings. The number of aromatic nitrogens is 1. The Bertz CT molecular complexity index is 725. The van der Waals surface area contributed by atoms with Crippen molar-refractivity contribution in [3.05, 3.63) is 36.5 Å². The third-order valence-electron chi connectivity index (χ3n) is 4.65.